The summed E-state index contributed by atoms with van der Waals surface area (Å²) in [5.41, 5.74) is 2.79. The molecule has 0 amide bonds. The first-order chi connectivity index (χ1) is 20.3. The van der Waals surface area contributed by atoms with Gasteiger partial charge in [0.1, 0.15) is 29.9 Å². The highest BCUT2D eigenvalue weighted by molar-refractivity contribution is 7.07. The normalized spacial score (nSPS) is 14.7. The highest BCUT2D eigenvalue weighted by atomic mass is 35.5. The van der Waals surface area contributed by atoms with Crippen molar-refractivity contribution in [3.63, 3.8) is 0 Å². The summed E-state index contributed by atoms with van der Waals surface area (Å²) in [6, 6.07) is 19.4. The SMILES string of the molecule is CCOC(=O)C1=C(C)N=c2s/c(=C\c3ccc(OCc4ccccc4Cl)cc3)c(=O)n2[C@@H]1c1ccc(OC)cc1OC. The molecule has 0 N–H and O–H groups in total. The Hall–Kier alpha value is -4.34. The molecule has 0 saturated heterocycles. The number of ether oxygens (including phenoxy) is 4. The highest BCUT2D eigenvalue weighted by Crippen LogP contribution is 2.37. The summed E-state index contributed by atoms with van der Waals surface area (Å²) in [4.78, 5) is 32.2. The molecule has 1 aliphatic rings. The van der Waals surface area contributed by atoms with Crippen LogP contribution >= 0.6 is 22.9 Å². The maximum atomic E-state index is 13.9. The topological polar surface area (TPSA) is 88.4 Å². The molecule has 42 heavy (non-hydrogen) atoms. The van der Waals surface area contributed by atoms with Gasteiger partial charge < -0.3 is 18.9 Å². The Kier molecular flexibility index (Phi) is 8.80. The first-order valence-corrected chi connectivity index (χ1v) is 14.4. The maximum absolute atomic E-state index is 13.9. The number of benzene rings is 3. The Balaban J connectivity index is 1.54. The van der Waals surface area contributed by atoms with Crippen LogP contribution in [-0.4, -0.2) is 31.4 Å². The number of allylic oxidation sites excluding steroid dienone is 1. The van der Waals surface area contributed by atoms with Crippen LogP contribution in [0.2, 0.25) is 5.02 Å². The number of carbonyl (C=O) groups is 1. The standard InChI is InChI=1S/C32H29ClN2O6S/c1-5-40-31(37)28-19(2)34-32-35(29(28)24-15-14-23(38-3)17-26(24)39-4)30(36)27(42-32)16-20-10-12-22(13-11-20)41-18-21-8-6-7-9-25(21)33/h6-17,29H,5,18H2,1-4H3/b27-16-/t29-/m1/s1. The van der Waals surface area contributed by atoms with Crippen LogP contribution in [-0.2, 0) is 16.1 Å². The molecule has 0 spiro atoms. The molecule has 0 bridgehead atoms. The van der Waals surface area contributed by atoms with Crippen molar-refractivity contribution in [1.29, 1.82) is 0 Å². The summed E-state index contributed by atoms with van der Waals surface area (Å²) < 4.78 is 24.3. The first-order valence-electron chi connectivity index (χ1n) is 13.2. The van der Waals surface area contributed by atoms with Gasteiger partial charge in [0.25, 0.3) is 5.56 Å². The zero-order valence-electron chi connectivity index (χ0n) is 23.5. The summed E-state index contributed by atoms with van der Waals surface area (Å²) in [5, 5.41) is 0.649. The van der Waals surface area contributed by atoms with Crippen LogP contribution in [0, 0.1) is 0 Å². The van der Waals surface area contributed by atoms with E-state index in [1.807, 2.05) is 48.5 Å². The quantitative estimate of drug-likeness (QED) is 0.249. The molecule has 1 aromatic heterocycles. The number of fused-ring (bicyclic) bond motifs is 1. The smallest absolute Gasteiger partial charge is 0.338 e. The van der Waals surface area contributed by atoms with E-state index >= 15 is 0 Å². The predicted octanol–water partition coefficient (Wildman–Crippen LogP) is 5.05. The second-order valence-corrected chi connectivity index (χ2v) is 10.8. The number of hydrogen-bond acceptors (Lipinski definition) is 8. The Morgan fingerprint density at radius 2 is 1.79 bits per heavy atom. The number of halogens is 1. The third-order valence-corrected chi connectivity index (χ3v) is 8.13. The zero-order chi connectivity index (χ0) is 29.8. The second kappa shape index (κ2) is 12.7. The molecule has 4 aromatic rings. The first kappa shape index (κ1) is 29.2. The number of aromatic nitrogens is 1. The van der Waals surface area contributed by atoms with E-state index in [-0.39, 0.29) is 17.7 Å². The lowest BCUT2D eigenvalue weighted by molar-refractivity contribution is -0.139. The summed E-state index contributed by atoms with van der Waals surface area (Å²) in [7, 11) is 3.09. The molecule has 0 unspecified atom stereocenters. The third kappa shape index (κ3) is 5.84. The molecule has 0 fully saturated rings. The van der Waals surface area contributed by atoms with E-state index in [9.17, 15) is 9.59 Å². The van der Waals surface area contributed by atoms with Crippen molar-refractivity contribution >= 4 is 35.0 Å². The fourth-order valence-corrected chi connectivity index (χ4v) is 5.96. The lowest BCUT2D eigenvalue weighted by Crippen LogP contribution is -2.40. The van der Waals surface area contributed by atoms with Gasteiger partial charge in [0.15, 0.2) is 4.80 Å². The molecule has 3 aromatic carbocycles. The summed E-state index contributed by atoms with van der Waals surface area (Å²) in [6.45, 7) is 4.01. The van der Waals surface area contributed by atoms with Gasteiger partial charge in [-0.2, -0.15) is 0 Å². The zero-order valence-corrected chi connectivity index (χ0v) is 25.1. The number of hydrogen-bond donors (Lipinski definition) is 0. The van der Waals surface area contributed by atoms with E-state index in [4.69, 9.17) is 30.5 Å². The molecule has 1 atom stereocenters. The van der Waals surface area contributed by atoms with Crippen LogP contribution in [0.4, 0.5) is 0 Å². The van der Waals surface area contributed by atoms with E-state index in [0.29, 0.717) is 49.5 Å². The van der Waals surface area contributed by atoms with E-state index in [1.54, 1.807) is 45.2 Å². The molecule has 10 heteroatoms. The lowest BCUT2D eigenvalue weighted by Gasteiger charge is -2.26. The van der Waals surface area contributed by atoms with Crippen molar-refractivity contribution in [3.05, 3.63) is 119 Å². The fraction of sp³-hybridized carbons (Fsp3) is 0.219. The molecule has 8 nitrogen and oxygen atoms in total. The molecular formula is C32H29ClN2O6S. The average molecular weight is 605 g/mol. The maximum Gasteiger partial charge on any atom is 0.338 e. The van der Waals surface area contributed by atoms with Gasteiger partial charge >= 0.3 is 5.97 Å². The number of esters is 1. The Morgan fingerprint density at radius 1 is 1.05 bits per heavy atom. The summed E-state index contributed by atoms with van der Waals surface area (Å²) in [6.07, 6.45) is 1.80. The summed E-state index contributed by atoms with van der Waals surface area (Å²) in [5.74, 6) is 1.19. The Labute approximate surface area is 251 Å². The second-order valence-electron chi connectivity index (χ2n) is 9.36. The van der Waals surface area contributed by atoms with Crippen LogP contribution in [0.15, 0.2) is 87.8 Å². The van der Waals surface area contributed by atoms with Crippen molar-refractivity contribution in [2.45, 2.75) is 26.5 Å². The average Bonchev–Trinajstić information content (AvgIpc) is 3.30. The number of rotatable bonds is 9. The van der Waals surface area contributed by atoms with Gasteiger partial charge in [0, 0.05) is 22.2 Å². The van der Waals surface area contributed by atoms with Gasteiger partial charge in [-0.3, -0.25) is 9.36 Å². The third-order valence-electron chi connectivity index (χ3n) is 6.78. The van der Waals surface area contributed by atoms with E-state index in [0.717, 1.165) is 11.1 Å². The fourth-order valence-electron chi connectivity index (χ4n) is 4.72. The number of methoxy groups -OCH3 is 2. The predicted molar refractivity (Wildman–Crippen MR) is 162 cm³/mol. The largest absolute Gasteiger partial charge is 0.497 e. The Bertz CT molecular complexity index is 1840. The van der Waals surface area contributed by atoms with Crippen LogP contribution in [0.3, 0.4) is 0 Å². The van der Waals surface area contributed by atoms with Crippen molar-refractivity contribution in [2.24, 2.45) is 4.99 Å². The van der Waals surface area contributed by atoms with E-state index < -0.39 is 12.0 Å². The number of nitrogens with zero attached hydrogens (tertiary/aromatic N) is 2. The van der Waals surface area contributed by atoms with E-state index in [2.05, 4.69) is 4.99 Å². The molecule has 0 aliphatic carbocycles. The number of carbonyl (C=O) groups excluding carboxylic acids is 1. The lowest BCUT2D eigenvalue weighted by atomic mass is 9.95. The van der Waals surface area contributed by atoms with E-state index in [1.165, 1.54) is 23.0 Å². The van der Waals surface area contributed by atoms with Gasteiger partial charge in [-0.1, -0.05) is 53.3 Å². The van der Waals surface area contributed by atoms with Gasteiger partial charge in [0.05, 0.1) is 36.6 Å². The minimum absolute atomic E-state index is 0.185. The van der Waals surface area contributed by atoms with Gasteiger partial charge in [-0.05, 0) is 55.8 Å². The molecule has 0 saturated carbocycles. The minimum Gasteiger partial charge on any atom is -0.497 e. The molecular weight excluding hydrogens is 576 g/mol. The Morgan fingerprint density at radius 3 is 2.48 bits per heavy atom. The van der Waals surface area contributed by atoms with Crippen molar-refractivity contribution in [2.75, 3.05) is 20.8 Å². The molecule has 216 valence electrons. The van der Waals surface area contributed by atoms with Gasteiger partial charge in [-0.15, -0.1) is 0 Å². The number of thiazole rings is 1. The molecule has 5 rings (SSSR count). The monoisotopic (exact) mass is 604 g/mol. The van der Waals surface area contributed by atoms with Crippen molar-refractivity contribution in [3.8, 4) is 17.2 Å². The van der Waals surface area contributed by atoms with Crippen LogP contribution in [0.25, 0.3) is 6.08 Å². The van der Waals surface area contributed by atoms with Gasteiger partial charge in [-0.25, -0.2) is 9.79 Å². The van der Waals surface area contributed by atoms with Crippen molar-refractivity contribution < 1.29 is 23.7 Å². The molecule has 0 radical (unpaired) electrons. The minimum atomic E-state index is -0.802. The molecule has 1 aliphatic heterocycles. The molecule has 2 heterocycles. The van der Waals surface area contributed by atoms with Crippen molar-refractivity contribution in [1.82, 2.24) is 4.57 Å². The van der Waals surface area contributed by atoms with Crippen LogP contribution < -0.4 is 29.1 Å². The van der Waals surface area contributed by atoms with Gasteiger partial charge in [0.2, 0.25) is 0 Å². The van der Waals surface area contributed by atoms with Crippen LogP contribution in [0.1, 0.15) is 36.6 Å². The highest BCUT2D eigenvalue weighted by Gasteiger charge is 2.35. The summed E-state index contributed by atoms with van der Waals surface area (Å²) >= 11 is 7.48. The van der Waals surface area contributed by atoms with Crippen LogP contribution in [0.5, 0.6) is 17.2 Å².